The number of likely N-dealkylation sites (tertiary alicyclic amines) is 1. The number of nitrogens with one attached hydrogen (secondary N) is 1. The summed E-state index contributed by atoms with van der Waals surface area (Å²) in [6.07, 6.45) is 4.12. The normalized spacial score (nSPS) is 15.6. The van der Waals surface area contributed by atoms with E-state index >= 15 is 0 Å². The molecule has 4 heteroatoms. The average molecular weight is 261 g/mol. The lowest BCUT2D eigenvalue weighted by Gasteiger charge is -2.14. The SMILES string of the molecule is Cc1cc(N)ccc1NC(=O)CCCN1CCCC1. The Hall–Kier alpha value is -1.55. The molecule has 1 saturated heterocycles. The molecule has 1 heterocycles. The van der Waals surface area contributed by atoms with Crippen LogP contribution in [0.15, 0.2) is 18.2 Å². The highest BCUT2D eigenvalue weighted by Gasteiger charge is 2.11. The van der Waals surface area contributed by atoms with Gasteiger partial charge >= 0.3 is 0 Å². The van der Waals surface area contributed by atoms with Crippen molar-refractivity contribution >= 4 is 17.3 Å². The number of benzene rings is 1. The van der Waals surface area contributed by atoms with Crippen LogP contribution < -0.4 is 11.1 Å². The van der Waals surface area contributed by atoms with Gasteiger partial charge in [0.05, 0.1) is 0 Å². The summed E-state index contributed by atoms with van der Waals surface area (Å²) in [5.74, 6) is 0.0899. The average Bonchev–Trinajstić information content (AvgIpc) is 2.86. The highest BCUT2D eigenvalue weighted by atomic mass is 16.1. The molecule has 1 amide bonds. The second-order valence-electron chi connectivity index (χ2n) is 5.27. The van der Waals surface area contributed by atoms with Gasteiger partial charge in [0.15, 0.2) is 0 Å². The molecule has 0 radical (unpaired) electrons. The van der Waals surface area contributed by atoms with E-state index in [-0.39, 0.29) is 5.91 Å². The number of carbonyl (C=O) groups is 1. The highest BCUT2D eigenvalue weighted by Crippen LogP contribution is 2.18. The smallest absolute Gasteiger partial charge is 0.224 e. The number of nitrogens with two attached hydrogens (primary N) is 1. The topological polar surface area (TPSA) is 58.4 Å². The molecule has 104 valence electrons. The van der Waals surface area contributed by atoms with Crippen LogP contribution in [0.3, 0.4) is 0 Å². The summed E-state index contributed by atoms with van der Waals surface area (Å²) in [6, 6.07) is 5.55. The number of carbonyl (C=O) groups excluding carboxylic acids is 1. The van der Waals surface area contributed by atoms with Crippen molar-refractivity contribution in [2.45, 2.75) is 32.6 Å². The Labute approximate surface area is 115 Å². The quantitative estimate of drug-likeness (QED) is 0.800. The summed E-state index contributed by atoms with van der Waals surface area (Å²) in [4.78, 5) is 14.3. The van der Waals surface area contributed by atoms with E-state index in [2.05, 4.69) is 10.2 Å². The fourth-order valence-corrected chi connectivity index (χ4v) is 2.51. The van der Waals surface area contributed by atoms with Gasteiger partial charge in [-0.25, -0.2) is 0 Å². The van der Waals surface area contributed by atoms with E-state index in [4.69, 9.17) is 5.73 Å². The molecule has 19 heavy (non-hydrogen) atoms. The molecule has 1 aromatic rings. The van der Waals surface area contributed by atoms with Crippen LogP contribution in [-0.2, 0) is 4.79 Å². The van der Waals surface area contributed by atoms with Crippen LogP contribution in [0, 0.1) is 6.92 Å². The van der Waals surface area contributed by atoms with Gasteiger partial charge in [0.2, 0.25) is 5.91 Å². The summed E-state index contributed by atoms with van der Waals surface area (Å²) >= 11 is 0. The molecule has 1 fully saturated rings. The molecule has 1 aliphatic rings. The first kappa shape index (κ1) is 13.9. The number of amides is 1. The van der Waals surface area contributed by atoms with Crippen LogP contribution in [-0.4, -0.2) is 30.4 Å². The number of aryl methyl sites for hydroxylation is 1. The zero-order valence-corrected chi connectivity index (χ0v) is 11.6. The Kier molecular flexibility index (Phi) is 4.80. The van der Waals surface area contributed by atoms with Crippen molar-refractivity contribution in [3.8, 4) is 0 Å². The first-order valence-electron chi connectivity index (χ1n) is 7.03. The number of hydrogen-bond donors (Lipinski definition) is 2. The predicted molar refractivity (Wildman–Crippen MR) is 79.1 cm³/mol. The Morgan fingerprint density at radius 2 is 2.11 bits per heavy atom. The molecular formula is C15H23N3O. The number of nitrogen functional groups attached to an aromatic ring is 1. The Balaban J connectivity index is 1.74. The van der Waals surface area contributed by atoms with Crippen LogP contribution in [0.5, 0.6) is 0 Å². The van der Waals surface area contributed by atoms with Crippen LogP contribution in [0.2, 0.25) is 0 Å². The van der Waals surface area contributed by atoms with Crippen LogP contribution in [0.25, 0.3) is 0 Å². The van der Waals surface area contributed by atoms with Crippen molar-refractivity contribution in [1.82, 2.24) is 4.90 Å². The molecule has 0 bridgehead atoms. The lowest BCUT2D eigenvalue weighted by atomic mass is 10.1. The van der Waals surface area contributed by atoms with Crippen molar-refractivity contribution < 1.29 is 4.79 Å². The highest BCUT2D eigenvalue weighted by molar-refractivity contribution is 5.91. The largest absolute Gasteiger partial charge is 0.399 e. The summed E-state index contributed by atoms with van der Waals surface area (Å²) in [5, 5.41) is 2.95. The lowest BCUT2D eigenvalue weighted by molar-refractivity contribution is -0.116. The number of anilines is 2. The second-order valence-corrected chi connectivity index (χ2v) is 5.27. The van der Waals surface area contributed by atoms with E-state index in [1.54, 1.807) is 0 Å². The molecule has 1 aromatic carbocycles. The van der Waals surface area contributed by atoms with E-state index in [0.717, 1.165) is 29.9 Å². The molecule has 2 rings (SSSR count). The van der Waals surface area contributed by atoms with Crippen LogP contribution >= 0.6 is 0 Å². The maximum absolute atomic E-state index is 11.9. The molecule has 4 nitrogen and oxygen atoms in total. The van der Waals surface area contributed by atoms with Gasteiger partial charge in [-0.2, -0.15) is 0 Å². The maximum atomic E-state index is 11.9. The minimum absolute atomic E-state index is 0.0899. The van der Waals surface area contributed by atoms with E-state index in [1.165, 1.54) is 25.9 Å². The minimum Gasteiger partial charge on any atom is -0.399 e. The Bertz CT molecular complexity index is 439. The number of hydrogen-bond acceptors (Lipinski definition) is 3. The minimum atomic E-state index is 0.0899. The summed E-state index contributed by atoms with van der Waals surface area (Å²) in [5.41, 5.74) is 8.29. The van der Waals surface area contributed by atoms with Crippen molar-refractivity contribution in [2.24, 2.45) is 0 Å². The number of rotatable bonds is 5. The molecule has 0 spiro atoms. The zero-order chi connectivity index (χ0) is 13.7. The van der Waals surface area contributed by atoms with Gasteiger partial charge in [0, 0.05) is 17.8 Å². The van der Waals surface area contributed by atoms with E-state index in [1.807, 2.05) is 25.1 Å². The van der Waals surface area contributed by atoms with E-state index in [0.29, 0.717) is 6.42 Å². The van der Waals surface area contributed by atoms with E-state index < -0.39 is 0 Å². The summed E-state index contributed by atoms with van der Waals surface area (Å²) < 4.78 is 0. The fraction of sp³-hybridized carbons (Fsp3) is 0.533. The predicted octanol–water partition coefficient (Wildman–Crippen LogP) is 2.39. The third-order valence-electron chi connectivity index (χ3n) is 3.60. The van der Waals surface area contributed by atoms with Crippen molar-refractivity contribution in [1.29, 1.82) is 0 Å². The summed E-state index contributed by atoms with van der Waals surface area (Å²) in [6.45, 7) is 5.38. The monoisotopic (exact) mass is 261 g/mol. The van der Waals surface area contributed by atoms with Gasteiger partial charge in [-0.05, 0) is 69.6 Å². The molecule has 1 aliphatic heterocycles. The van der Waals surface area contributed by atoms with Gasteiger partial charge in [-0.15, -0.1) is 0 Å². The zero-order valence-electron chi connectivity index (χ0n) is 11.6. The fourth-order valence-electron chi connectivity index (χ4n) is 2.51. The molecule has 0 saturated carbocycles. The van der Waals surface area contributed by atoms with Crippen molar-refractivity contribution in [3.05, 3.63) is 23.8 Å². The molecule has 0 atom stereocenters. The van der Waals surface area contributed by atoms with Gasteiger partial charge in [-0.3, -0.25) is 4.79 Å². The molecule has 0 unspecified atom stereocenters. The first-order valence-corrected chi connectivity index (χ1v) is 7.03. The molecule has 0 aromatic heterocycles. The third-order valence-corrected chi connectivity index (χ3v) is 3.60. The molecular weight excluding hydrogens is 238 g/mol. The standard InChI is InChI=1S/C15H23N3O/c1-12-11-13(16)6-7-14(12)17-15(19)5-4-10-18-8-2-3-9-18/h6-7,11H,2-5,8-10,16H2,1H3,(H,17,19). The van der Waals surface area contributed by atoms with Gasteiger partial charge < -0.3 is 16.0 Å². The molecule has 3 N–H and O–H groups in total. The van der Waals surface area contributed by atoms with Crippen LogP contribution in [0.1, 0.15) is 31.2 Å². The first-order chi connectivity index (χ1) is 9.15. The Morgan fingerprint density at radius 1 is 1.37 bits per heavy atom. The Morgan fingerprint density at radius 3 is 2.79 bits per heavy atom. The number of nitrogens with zero attached hydrogens (tertiary/aromatic N) is 1. The molecule has 0 aliphatic carbocycles. The van der Waals surface area contributed by atoms with E-state index in [9.17, 15) is 4.79 Å². The van der Waals surface area contributed by atoms with Crippen molar-refractivity contribution in [3.63, 3.8) is 0 Å². The van der Waals surface area contributed by atoms with Gasteiger partial charge in [-0.1, -0.05) is 0 Å². The van der Waals surface area contributed by atoms with Gasteiger partial charge in [0.1, 0.15) is 0 Å². The second kappa shape index (κ2) is 6.57. The van der Waals surface area contributed by atoms with Crippen LogP contribution in [0.4, 0.5) is 11.4 Å². The van der Waals surface area contributed by atoms with Crippen molar-refractivity contribution in [2.75, 3.05) is 30.7 Å². The maximum Gasteiger partial charge on any atom is 0.224 e. The van der Waals surface area contributed by atoms with Gasteiger partial charge in [0.25, 0.3) is 0 Å². The third kappa shape index (κ3) is 4.24. The lowest BCUT2D eigenvalue weighted by Crippen LogP contribution is -2.22. The summed E-state index contributed by atoms with van der Waals surface area (Å²) in [7, 11) is 0.